The van der Waals surface area contributed by atoms with Gasteiger partial charge in [0.25, 0.3) is 0 Å². The molecule has 3 saturated heterocycles. The monoisotopic (exact) mass is 575 g/mol. The Hall–Kier alpha value is -3.76. The molecule has 2 aromatic carbocycles. The van der Waals surface area contributed by atoms with Crippen LogP contribution in [0, 0.1) is 5.41 Å². The number of amides is 5. The van der Waals surface area contributed by atoms with Crippen molar-refractivity contribution in [3.8, 4) is 0 Å². The summed E-state index contributed by atoms with van der Waals surface area (Å²) in [7, 11) is 2.02. The zero-order valence-electron chi connectivity index (χ0n) is 24.7. The number of imide groups is 1. The number of carbonyl (C=O) groups excluding carboxylic acids is 4. The Morgan fingerprint density at radius 1 is 0.881 bits per heavy atom. The van der Waals surface area contributed by atoms with Crippen LogP contribution in [0.25, 0.3) is 0 Å². The number of nitrogens with one attached hydrogen (secondary N) is 1. The van der Waals surface area contributed by atoms with Gasteiger partial charge in [-0.15, -0.1) is 0 Å². The molecule has 2 aromatic rings. The number of likely N-dealkylation sites (tertiary alicyclic amines) is 2. The number of benzene rings is 2. The van der Waals surface area contributed by atoms with E-state index in [-0.39, 0.29) is 30.4 Å². The van der Waals surface area contributed by atoms with Gasteiger partial charge in [0.05, 0.1) is 17.4 Å². The van der Waals surface area contributed by atoms with E-state index < -0.39 is 23.6 Å². The predicted octanol–water partition coefficient (Wildman–Crippen LogP) is 2.50. The predicted molar refractivity (Wildman–Crippen MR) is 157 cm³/mol. The second-order valence-electron chi connectivity index (χ2n) is 11.5. The van der Waals surface area contributed by atoms with E-state index in [0.29, 0.717) is 39.0 Å². The first kappa shape index (κ1) is 29.7. The maximum atomic E-state index is 13.6. The minimum atomic E-state index is -0.833. The van der Waals surface area contributed by atoms with E-state index in [1.165, 1.54) is 0 Å². The highest BCUT2D eigenvalue weighted by Crippen LogP contribution is 2.46. The number of carbonyl (C=O) groups is 4. The second-order valence-corrected chi connectivity index (χ2v) is 11.5. The van der Waals surface area contributed by atoms with Gasteiger partial charge in [-0.05, 0) is 31.0 Å². The summed E-state index contributed by atoms with van der Waals surface area (Å²) in [5, 5.41) is 2.92. The molecule has 1 unspecified atom stereocenters. The van der Waals surface area contributed by atoms with E-state index in [2.05, 4.69) is 10.2 Å². The highest BCUT2D eigenvalue weighted by atomic mass is 16.5. The summed E-state index contributed by atoms with van der Waals surface area (Å²) >= 11 is 0. The molecule has 3 heterocycles. The third-order valence-corrected chi connectivity index (χ3v) is 9.09. The highest BCUT2D eigenvalue weighted by Gasteiger charge is 2.62. The molecule has 0 aromatic heterocycles. The van der Waals surface area contributed by atoms with Crippen LogP contribution in [0.15, 0.2) is 60.7 Å². The average Bonchev–Trinajstić information content (AvgIpc) is 2.99. The van der Waals surface area contributed by atoms with Gasteiger partial charge in [-0.2, -0.15) is 0 Å². The maximum absolute atomic E-state index is 13.6. The molecule has 3 aliphatic heterocycles. The van der Waals surface area contributed by atoms with Gasteiger partial charge in [0.1, 0.15) is 6.61 Å². The SMILES string of the molecule is CCC1(CC)C(=O)N(C(=O)NC2CN(C(=O)C(c3ccccc3)c3ccccc3)C2)C1OCC(=O)N1CCN(C)CC1. The van der Waals surface area contributed by atoms with Crippen molar-refractivity contribution in [2.75, 3.05) is 52.9 Å². The maximum Gasteiger partial charge on any atom is 0.326 e. The highest BCUT2D eigenvalue weighted by molar-refractivity contribution is 6.03. The Morgan fingerprint density at radius 3 is 1.95 bits per heavy atom. The summed E-state index contributed by atoms with van der Waals surface area (Å²) in [6, 6.07) is 18.5. The first-order chi connectivity index (χ1) is 20.3. The number of hydrogen-bond donors (Lipinski definition) is 1. The Kier molecular flexibility index (Phi) is 8.93. The molecule has 0 aliphatic carbocycles. The van der Waals surface area contributed by atoms with Gasteiger partial charge >= 0.3 is 6.03 Å². The Bertz CT molecular complexity index is 1230. The van der Waals surface area contributed by atoms with Crippen LogP contribution in [0.3, 0.4) is 0 Å². The fraction of sp³-hybridized carbons (Fsp3) is 0.500. The molecule has 10 nitrogen and oxygen atoms in total. The standard InChI is InChI=1S/C32H41N5O5/c1-4-32(5-2)29(40)37(30(32)42-22-26(38)35-18-16-34(3)17-19-35)31(41)33-25-20-36(21-25)28(39)27(23-12-8-6-9-13-23)24-14-10-7-11-15-24/h6-15,25,27,30H,4-5,16-22H2,1-3H3,(H,33,41). The summed E-state index contributed by atoms with van der Waals surface area (Å²) in [6.07, 6.45) is 0.201. The molecule has 42 heavy (non-hydrogen) atoms. The van der Waals surface area contributed by atoms with Gasteiger partial charge in [-0.3, -0.25) is 14.4 Å². The van der Waals surface area contributed by atoms with Gasteiger partial charge in [0.15, 0.2) is 6.23 Å². The third kappa shape index (κ3) is 5.65. The molecule has 1 N–H and O–H groups in total. The van der Waals surface area contributed by atoms with Crippen molar-refractivity contribution in [1.29, 1.82) is 0 Å². The van der Waals surface area contributed by atoms with E-state index >= 15 is 0 Å². The lowest BCUT2D eigenvalue weighted by Gasteiger charge is -2.54. The fourth-order valence-corrected chi connectivity index (χ4v) is 6.21. The molecule has 224 valence electrons. The molecule has 10 heteroatoms. The number of hydrogen-bond acceptors (Lipinski definition) is 6. The molecule has 5 amide bonds. The summed E-state index contributed by atoms with van der Waals surface area (Å²) in [5.74, 6) is -0.894. The Morgan fingerprint density at radius 2 is 1.43 bits per heavy atom. The van der Waals surface area contributed by atoms with Crippen LogP contribution in [0.4, 0.5) is 4.79 Å². The molecule has 0 bridgehead atoms. The lowest BCUT2D eigenvalue weighted by atomic mass is 9.72. The minimum Gasteiger partial charge on any atom is -0.347 e. The minimum absolute atomic E-state index is 0.0301. The van der Waals surface area contributed by atoms with Crippen LogP contribution in [0.5, 0.6) is 0 Å². The molecule has 3 aliphatic rings. The molecular formula is C32H41N5O5. The Labute approximate surface area is 247 Å². The normalized spacial score (nSPS) is 20.7. The van der Waals surface area contributed by atoms with Crippen molar-refractivity contribution in [1.82, 2.24) is 24.9 Å². The average molecular weight is 576 g/mol. The van der Waals surface area contributed by atoms with Crippen molar-refractivity contribution < 1.29 is 23.9 Å². The molecule has 3 fully saturated rings. The van der Waals surface area contributed by atoms with Crippen molar-refractivity contribution in [3.05, 3.63) is 71.8 Å². The smallest absolute Gasteiger partial charge is 0.326 e. The molecular weight excluding hydrogens is 534 g/mol. The van der Waals surface area contributed by atoms with Crippen molar-refractivity contribution in [2.45, 2.75) is 44.9 Å². The molecule has 0 saturated carbocycles. The number of ether oxygens (including phenoxy) is 1. The zero-order chi connectivity index (χ0) is 29.9. The first-order valence-electron chi connectivity index (χ1n) is 14.9. The van der Waals surface area contributed by atoms with Gasteiger partial charge in [0, 0.05) is 39.3 Å². The van der Waals surface area contributed by atoms with Gasteiger partial charge < -0.3 is 24.8 Å². The van der Waals surface area contributed by atoms with E-state index in [1.807, 2.05) is 81.6 Å². The van der Waals surface area contributed by atoms with Crippen LogP contribution < -0.4 is 5.32 Å². The van der Waals surface area contributed by atoms with Crippen LogP contribution in [-0.4, -0.2) is 109 Å². The number of urea groups is 1. The summed E-state index contributed by atoms with van der Waals surface area (Å²) in [6.45, 7) is 7.19. The molecule has 5 rings (SSSR count). The number of piperazine rings is 1. The van der Waals surface area contributed by atoms with E-state index in [1.54, 1.807) is 9.80 Å². The van der Waals surface area contributed by atoms with Crippen LogP contribution in [0.2, 0.25) is 0 Å². The number of likely N-dealkylation sites (N-methyl/N-ethyl adjacent to an activating group) is 1. The number of nitrogens with zero attached hydrogens (tertiary/aromatic N) is 4. The van der Waals surface area contributed by atoms with Crippen molar-refractivity contribution >= 4 is 23.8 Å². The first-order valence-corrected chi connectivity index (χ1v) is 14.9. The summed E-state index contributed by atoms with van der Waals surface area (Å²) < 4.78 is 6.02. The van der Waals surface area contributed by atoms with Crippen LogP contribution >= 0.6 is 0 Å². The van der Waals surface area contributed by atoms with Gasteiger partial charge in [-0.25, -0.2) is 9.69 Å². The number of rotatable bonds is 9. The topological polar surface area (TPSA) is 102 Å². The van der Waals surface area contributed by atoms with Gasteiger partial charge in [0.2, 0.25) is 17.7 Å². The lowest BCUT2D eigenvalue weighted by Crippen LogP contribution is -2.74. The van der Waals surface area contributed by atoms with Crippen molar-refractivity contribution in [2.24, 2.45) is 5.41 Å². The van der Waals surface area contributed by atoms with Crippen LogP contribution in [-0.2, 0) is 19.1 Å². The van der Waals surface area contributed by atoms with Crippen molar-refractivity contribution in [3.63, 3.8) is 0 Å². The number of β-lactam (4-membered cyclic amide) rings is 1. The van der Waals surface area contributed by atoms with Gasteiger partial charge in [-0.1, -0.05) is 74.5 Å². The lowest BCUT2D eigenvalue weighted by molar-refractivity contribution is -0.212. The van der Waals surface area contributed by atoms with E-state index in [9.17, 15) is 19.2 Å². The largest absolute Gasteiger partial charge is 0.347 e. The van der Waals surface area contributed by atoms with E-state index in [4.69, 9.17) is 4.74 Å². The molecule has 1 atom stereocenters. The van der Waals surface area contributed by atoms with Crippen LogP contribution in [0.1, 0.15) is 43.7 Å². The zero-order valence-corrected chi connectivity index (χ0v) is 24.7. The second kappa shape index (κ2) is 12.6. The summed E-state index contributed by atoms with van der Waals surface area (Å²) in [4.78, 5) is 59.8. The molecule has 0 radical (unpaired) electrons. The third-order valence-electron chi connectivity index (χ3n) is 9.09. The fourth-order valence-electron chi connectivity index (χ4n) is 6.21. The summed E-state index contributed by atoms with van der Waals surface area (Å²) in [5.41, 5.74) is 0.989. The quantitative estimate of drug-likeness (QED) is 0.461. The molecule has 0 spiro atoms. The van der Waals surface area contributed by atoms with E-state index in [0.717, 1.165) is 29.1 Å². The Balaban J connectivity index is 1.20.